The predicted octanol–water partition coefficient (Wildman–Crippen LogP) is 15.7. The minimum Gasteiger partial charge on any atom is -0.208 e. The van der Waals surface area contributed by atoms with Crippen molar-refractivity contribution in [1.29, 1.82) is 0 Å². The zero-order chi connectivity index (χ0) is 40.3. The first kappa shape index (κ1) is 35.2. The molecule has 0 radical (unpaired) electrons. The number of benzene rings is 10. The lowest BCUT2D eigenvalue weighted by molar-refractivity contribution is 1.08. The first-order chi connectivity index (χ1) is 30.2. The van der Waals surface area contributed by atoms with Crippen molar-refractivity contribution in [2.75, 3.05) is 0 Å². The third kappa shape index (κ3) is 6.07. The zero-order valence-electron chi connectivity index (χ0n) is 33.0. The maximum Gasteiger partial charge on any atom is 0.164 e. The predicted molar refractivity (Wildman–Crippen MR) is 258 cm³/mol. The topological polar surface area (TPSA) is 38.7 Å². The Morgan fingerprint density at radius 2 is 0.770 bits per heavy atom. The Morgan fingerprint density at radius 3 is 1.52 bits per heavy atom. The summed E-state index contributed by atoms with van der Waals surface area (Å²) in [4.78, 5) is 15.9. The van der Waals surface area contributed by atoms with Gasteiger partial charge in [-0.05, 0) is 77.8 Å². The number of nitrogens with zero attached hydrogens (tertiary/aromatic N) is 3. The Morgan fingerprint density at radius 1 is 0.279 bits per heavy atom. The van der Waals surface area contributed by atoms with E-state index in [0.29, 0.717) is 17.5 Å². The molecule has 2 heterocycles. The molecule has 12 rings (SSSR count). The van der Waals surface area contributed by atoms with Crippen LogP contribution in [0.25, 0.3) is 120 Å². The fraction of sp³-hybridized carbons (Fsp3) is 0. The molecule has 0 fully saturated rings. The fourth-order valence-corrected chi connectivity index (χ4v) is 10.3. The maximum atomic E-state index is 5.34. The van der Waals surface area contributed by atoms with E-state index in [2.05, 4.69) is 206 Å². The summed E-state index contributed by atoms with van der Waals surface area (Å²) in [5.74, 6) is 1.94. The van der Waals surface area contributed by atoms with Crippen LogP contribution in [-0.4, -0.2) is 15.0 Å². The van der Waals surface area contributed by atoms with Gasteiger partial charge >= 0.3 is 0 Å². The number of hydrogen-bond donors (Lipinski definition) is 0. The van der Waals surface area contributed by atoms with Crippen molar-refractivity contribution < 1.29 is 0 Å². The molecule has 0 aliphatic rings. The minimum atomic E-state index is 0.639. The smallest absolute Gasteiger partial charge is 0.164 e. The van der Waals surface area contributed by atoms with Gasteiger partial charge in [-0.3, -0.25) is 0 Å². The van der Waals surface area contributed by atoms with E-state index < -0.39 is 0 Å². The van der Waals surface area contributed by atoms with Crippen molar-refractivity contribution in [2.45, 2.75) is 0 Å². The molecular formula is C57H35N3S. The normalized spacial score (nSPS) is 11.6. The highest BCUT2D eigenvalue weighted by atomic mass is 32.1. The van der Waals surface area contributed by atoms with Gasteiger partial charge in [0, 0.05) is 36.9 Å². The first-order valence-electron chi connectivity index (χ1n) is 20.6. The molecule has 0 N–H and O–H groups in total. The van der Waals surface area contributed by atoms with Crippen molar-refractivity contribution in [3.63, 3.8) is 0 Å². The van der Waals surface area contributed by atoms with Gasteiger partial charge in [0.1, 0.15) is 0 Å². The van der Waals surface area contributed by atoms with Gasteiger partial charge in [0.05, 0.1) is 0 Å². The van der Waals surface area contributed by atoms with E-state index in [9.17, 15) is 0 Å². The summed E-state index contributed by atoms with van der Waals surface area (Å²) in [6, 6.07) is 75.7. The van der Waals surface area contributed by atoms with E-state index in [1.54, 1.807) is 0 Å². The van der Waals surface area contributed by atoms with Crippen LogP contribution in [0.5, 0.6) is 0 Å². The maximum absolute atomic E-state index is 5.34. The molecule has 4 heteroatoms. The van der Waals surface area contributed by atoms with Gasteiger partial charge < -0.3 is 0 Å². The highest BCUT2D eigenvalue weighted by Crippen LogP contribution is 2.46. The third-order valence-corrected chi connectivity index (χ3v) is 13.1. The number of aromatic nitrogens is 3. The van der Waals surface area contributed by atoms with Crippen molar-refractivity contribution in [3.05, 3.63) is 212 Å². The Hall–Kier alpha value is -7.79. The molecular weight excluding hydrogens is 759 g/mol. The zero-order valence-corrected chi connectivity index (χ0v) is 33.8. The van der Waals surface area contributed by atoms with Gasteiger partial charge in [-0.2, -0.15) is 0 Å². The molecule has 0 saturated carbocycles. The Balaban J connectivity index is 1.04. The van der Waals surface area contributed by atoms with Crippen LogP contribution in [0.4, 0.5) is 0 Å². The van der Waals surface area contributed by atoms with Gasteiger partial charge in [-0.25, -0.2) is 15.0 Å². The minimum absolute atomic E-state index is 0.639. The largest absolute Gasteiger partial charge is 0.208 e. The van der Waals surface area contributed by atoms with Gasteiger partial charge in [0.25, 0.3) is 0 Å². The van der Waals surface area contributed by atoms with Crippen LogP contribution in [0.1, 0.15) is 0 Å². The van der Waals surface area contributed by atoms with Gasteiger partial charge in [-0.1, -0.05) is 200 Å². The summed E-state index contributed by atoms with van der Waals surface area (Å²) >= 11 is 1.84. The molecule has 284 valence electrons. The van der Waals surface area contributed by atoms with Crippen LogP contribution >= 0.6 is 11.3 Å². The molecule has 0 aliphatic carbocycles. The number of fused-ring (bicyclic) bond motifs is 7. The molecule has 10 aromatic carbocycles. The average molecular weight is 794 g/mol. The third-order valence-electron chi connectivity index (χ3n) is 11.9. The van der Waals surface area contributed by atoms with E-state index in [1.807, 2.05) is 17.4 Å². The van der Waals surface area contributed by atoms with E-state index in [-0.39, 0.29) is 0 Å². The highest BCUT2D eigenvalue weighted by Gasteiger charge is 2.20. The van der Waals surface area contributed by atoms with Crippen LogP contribution in [-0.2, 0) is 0 Å². The Kier molecular flexibility index (Phi) is 8.36. The number of thiophene rings is 1. The molecule has 0 unspecified atom stereocenters. The molecule has 0 atom stereocenters. The lowest BCUT2D eigenvalue weighted by Crippen LogP contribution is -2.01. The van der Waals surface area contributed by atoms with Gasteiger partial charge in [0.2, 0.25) is 0 Å². The second-order valence-corrected chi connectivity index (χ2v) is 16.6. The molecule has 0 bridgehead atoms. The molecule has 12 aromatic rings. The summed E-state index contributed by atoms with van der Waals surface area (Å²) in [5.41, 5.74) is 10.1. The van der Waals surface area contributed by atoms with Crippen LogP contribution in [0.3, 0.4) is 0 Å². The standard InChI is InChI=1S/C57H35N3S/c1-2-14-36(15-3-1)41-20-10-21-42(34-41)55-58-56(49-28-12-19-38-17-5-7-23-45(38)49)60-57(59-55)51-35-52-53(48-25-9-8-24-47(48)51)50-29-13-27-46(54(50)61-52)40-32-30-39(31-33-40)44-26-11-18-37-16-4-6-22-43(37)44/h1-35H. The van der Waals surface area contributed by atoms with E-state index in [1.165, 1.54) is 58.6 Å². The number of rotatable bonds is 6. The summed E-state index contributed by atoms with van der Waals surface area (Å²) in [6.07, 6.45) is 0. The second-order valence-electron chi connectivity index (χ2n) is 15.5. The fourth-order valence-electron chi connectivity index (χ4n) is 9.02. The van der Waals surface area contributed by atoms with Crippen molar-refractivity contribution >= 4 is 63.8 Å². The number of hydrogen-bond acceptors (Lipinski definition) is 4. The van der Waals surface area contributed by atoms with E-state index >= 15 is 0 Å². The SMILES string of the molecule is c1ccc(-c2cccc(-c3nc(-c4cccc5ccccc45)nc(-c4cc5sc6c(-c7ccc(-c8cccc9ccccc89)cc7)cccc6c5c5ccccc45)n3)c2)cc1. The summed E-state index contributed by atoms with van der Waals surface area (Å²) < 4.78 is 2.46. The Bertz CT molecular complexity index is 3630. The lowest BCUT2D eigenvalue weighted by atomic mass is 9.95. The highest BCUT2D eigenvalue weighted by molar-refractivity contribution is 7.26. The molecule has 0 saturated heterocycles. The Labute approximate surface area is 356 Å². The van der Waals surface area contributed by atoms with Crippen LogP contribution < -0.4 is 0 Å². The van der Waals surface area contributed by atoms with E-state index in [4.69, 9.17) is 15.0 Å². The van der Waals surface area contributed by atoms with Gasteiger partial charge in [-0.15, -0.1) is 11.3 Å². The second kappa shape index (κ2) is 14.5. The van der Waals surface area contributed by atoms with Crippen molar-refractivity contribution in [3.8, 4) is 67.5 Å². The molecule has 0 aliphatic heterocycles. The molecule has 2 aromatic heterocycles. The summed E-state index contributed by atoms with van der Waals surface area (Å²) in [5, 5.41) is 9.57. The summed E-state index contributed by atoms with van der Waals surface area (Å²) in [7, 11) is 0. The van der Waals surface area contributed by atoms with Crippen LogP contribution in [0, 0.1) is 0 Å². The van der Waals surface area contributed by atoms with Crippen molar-refractivity contribution in [1.82, 2.24) is 15.0 Å². The summed E-state index contributed by atoms with van der Waals surface area (Å²) in [6.45, 7) is 0. The van der Waals surface area contributed by atoms with E-state index in [0.717, 1.165) is 44.0 Å². The quantitative estimate of drug-likeness (QED) is 0.168. The van der Waals surface area contributed by atoms with Crippen molar-refractivity contribution in [2.24, 2.45) is 0 Å². The first-order valence-corrected chi connectivity index (χ1v) is 21.4. The molecule has 0 spiro atoms. The molecule has 61 heavy (non-hydrogen) atoms. The molecule has 3 nitrogen and oxygen atoms in total. The molecule has 0 amide bonds. The lowest BCUT2D eigenvalue weighted by Gasteiger charge is -2.13. The average Bonchev–Trinajstić information content (AvgIpc) is 3.73. The van der Waals surface area contributed by atoms with Gasteiger partial charge in [0.15, 0.2) is 17.5 Å². The monoisotopic (exact) mass is 793 g/mol. The van der Waals surface area contributed by atoms with Crippen LogP contribution in [0.2, 0.25) is 0 Å². The van der Waals surface area contributed by atoms with Crippen LogP contribution in [0.15, 0.2) is 212 Å².